The lowest BCUT2D eigenvalue weighted by molar-refractivity contribution is -0.122. The molecule has 21 heavy (non-hydrogen) atoms. The molecule has 110 valence electrons. The summed E-state index contributed by atoms with van der Waals surface area (Å²) in [5, 5.41) is 5.21. The van der Waals surface area contributed by atoms with Crippen LogP contribution in [0.3, 0.4) is 0 Å². The third kappa shape index (κ3) is 4.47. The van der Waals surface area contributed by atoms with Gasteiger partial charge in [0.2, 0.25) is 0 Å². The smallest absolute Gasteiger partial charge is 0.293 e. The van der Waals surface area contributed by atoms with Crippen molar-refractivity contribution in [2.45, 2.75) is 6.54 Å². The molecular formula is C15H16N2O4. The first kappa shape index (κ1) is 14.8. The van der Waals surface area contributed by atoms with Gasteiger partial charge in [0.25, 0.3) is 11.8 Å². The van der Waals surface area contributed by atoms with Crippen LogP contribution in [-0.4, -0.2) is 25.5 Å². The van der Waals surface area contributed by atoms with E-state index in [0.29, 0.717) is 5.75 Å². The molecule has 6 heteroatoms. The number of nitrogens with one attached hydrogen (secondary N) is 2. The van der Waals surface area contributed by atoms with Crippen LogP contribution in [0.15, 0.2) is 47.1 Å². The number of ether oxygens (including phenoxy) is 1. The molecule has 1 heterocycles. The van der Waals surface area contributed by atoms with Crippen molar-refractivity contribution < 1.29 is 18.7 Å². The van der Waals surface area contributed by atoms with Crippen LogP contribution in [0.2, 0.25) is 0 Å². The van der Waals surface area contributed by atoms with Gasteiger partial charge in [-0.25, -0.2) is 0 Å². The van der Waals surface area contributed by atoms with Gasteiger partial charge in [-0.1, -0.05) is 12.1 Å². The summed E-state index contributed by atoms with van der Waals surface area (Å²) >= 11 is 0. The van der Waals surface area contributed by atoms with E-state index in [0.717, 1.165) is 12.1 Å². The van der Waals surface area contributed by atoms with Gasteiger partial charge in [-0.05, 0) is 36.9 Å². The number of benzene rings is 1. The predicted octanol–water partition coefficient (Wildman–Crippen LogP) is 1.33. The zero-order valence-electron chi connectivity index (χ0n) is 11.6. The lowest BCUT2D eigenvalue weighted by Crippen LogP contribution is -2.34. The van der Waals surface area contributed by atoms with Gasteiger partial charge in [0.05, 0.1) is 6.26 Å². The normalized spacial score (nSPS) is 10.1. The van der Waals surface area contributed by atoms with Crippen molar-refractivity contribution >= 4 is 11.8 Å². The predicted molar refractivity (Wildman–Crippen MR) is 75.9 cm³/mol. The molecule has 2 N–H and O–H groups in total. The lowest BCUT2D eigenvalue weighted by atomic mass is 10.2. The first-order chi connectivity index (χ1) is 10.2. The Labute approximate surface area is 122 Å². The molecule has 2 aromatic rings. The van der Waals surface area contributed by atoms with Crippen molar-refractivity contribution in [3.8, 4) is 5.75 Å². The first-order valence-electron chi connectivity index (χ1n) is 6.43. The number of imide groups is 1. The molecule has 1 aromatic carbocycles. The fourth-order valence-electron chi connectivity index (χ4n) is 1.69. The molecule has 0 aliphatic rings. The van der Waals surface area contributed by atoms with Crippen molar-refractivity contribution in [1.82, 2.24) is 10.6 Å². The second-order valence-electron chi connectivity index (χ2n) is 4.32. The molecule has 0 spiro atoms. The number of carbonyl (C=O) groups excluding carboxylic acids is 2. The maximum absolute atomic E-state index is 11.6. The highest BCUT2D eigenvalue weighted by atomic mass is 16.5. The Morgan fingerprint density at radius 3 is 2.57 bits per heavy atom. The minimum Gasteiger partial charge on any atom is -0.484 e. The Kier molecular flexibility index (Phi) is 5.11. The van der Waals surface area contributed by atoms with Crippen LogP contribution >= 0.6 is 0 Å². The van der Waals surface area contributed by atoms with E-state index in [-0.39, 0.29) is 12.4 Å². The summed E-state index contributed by atoms with van der Waals surface area (Å²) in [5.74, 6) is -0.469. The van der Waals surface area contributed by atoms with Gasteiger partial charge in [-0.15, -0.1) is 0 Å². The van der Waals surface area contributed by atoms with Crippen molar-refractivity contribution in [2.24, 2.45) is 0 Å². The third-order valence-corrected chi connectivity index (χ3v) is 2.67. The second-order valence-corrected chi connectivity index (χ2v) is 4.32. The molecule has 1 aromatic heterocycles. The van der Waals surface area contributed by atoms with Crippen molar-refractivity contribution in [3.63, 3.8) is 0 Å². The monoisotopic (exact) mass is 288 g/mol. The fourth-order valence-corrected chi connectivity index (χ4v) is 1.69. The third-order valence-electron chi connectivity index (χ3n) is 2.67. The van der Waals surface area contributed by atoms with Crippen LogP contribution in [0, 0.1) is 0 Å². The lowest BCUT2D eigenvalue weighted by Gasteiger charge is -2.07. The van der Waals surface area contributed by atoms with E-state index in [1.54, 1.807) is 18.2 Å². The van der Waals surface area contributed by atoms with Gasteiger partial charge in [0.15, 0.2) is 12.4 Å². The van der Waals surface area contributed by atoms with E-state index in [1.807, 2.05) is 19.2 Å². The summed E-state index contributed by atoms with van der Waals surface area (Å²) in [4.78, 5) is 23.1. The highest BCUT2D eigenvalue weighted by Crippen LogP contribution is 2.11. The van der Waals surface area contributed by atoms with Crippen LogP contribution in [0.5, 0.6) is 5.75 Å². The zero-order chi connectivity index (χ0) is 15.1. The molecule has 0 atom stereocenters. The Bertz CT molecular complexity index is 591. The number of carbonyl (C=O) groups is 2. The van der Waals surface area contributed by atoms with Gasteiger partial charge in [0.1, 0.15) is 5.75 Å². The summed E-state index contributed by atoms with van der Waals surface area (Å²) < 4.78 is 10.2. The molecule has 0 aliphatic carbocycles. The quantitative estimate of drug-likeness (QED) is 0.838. The molecule has 0 radical (unpaired) electrons. The molecule has 0 saturated carbocycles. The van der Waals surface area contributed by atoms with Crippen LogP contribution in [-0.2, 0) is 11.3 Å². The molecule has 0 saturated heterocycles. The highest BCUT2D eigenvalue weighted by molar-refractivity contribution is 6.03. The average molecular weight is 288 g/mol. The summed E-state index contributed by atoms with van der Waals surface area (Å²) in [6.45, 7) is 0.524. The van der Waals surface area contributed by atoms with Crippen molar-refractivity contribution in [2.75, 3.05) is 13.7 Å². The van der Waals surface area contributed by atoms with Crippen LogP contribution in [0.4, 0.5) is 0 Å². The molecule has 2 rings (SSSR count). The van der Waals surface area contributed by atoms with E-state index < -0.39 is 11.8 Å². The highest BCUT2D eigenvalue weighted by Gasteiger charge is 2.12. The minimum absolute atomic E-state index is 0.0831. The average Bonchev–Trinajstić information content (AvgIpc) is 3.01. The van der Waals surface area contributed by atoms with E-state index in [1.165, 1.54) is 12.3 Å². The Balaban J connectivity index is 1.79. The number of furan rings is 1. The molecule has 0 fully saturated rings. The van der Waals surface area contributed by atoms with Crippen molar-refractivity contribution in [1.29, 1.82) is 0 Å². The Morgan fingerprint density at radius 2 is 1.95 bits per heavy atom. The molecule has 0 bridgehead atoms. The fraction of sp³-hybridized carbons (Fsp3) is 0.200. The number of rotatable bonds is 6. The number of amides is 2. The van der Waals surface area contributed by atoms with Gasteiger partial charge in [-0.3, -0.25) is 14.9 Å². The molecule has 0 aliphatic heterocycles. The maximum Gasteiger partial charge on any atom is 0.293 e. The standard InChI is InChI=1S/C15H16N2O4/c1-16-9-11-4-6-12(7-5-11)21-10-14(18)17-15(19)13-3-2-8-20-13/h2-8,16H,9-10H2,1H3,(H,17,18,19). The van der Waals surface area contributed by atoms with Crippen LogP contribution < -0.4 is 15.4 Å². The van der Waals surface area contributed by atoms with Crippen LogP contribution in [0.25, 0.3) is 0 Å². The van der Waals surface area contributed by atoms with Gasteiger partial charge in [0, 0.05) is 6.54 Å². The summed E-state index contributed by atoms with van der Waals surface area (Å²) in [7, 11) is 1.87. The largest absolute Gasteiger partial charge is 0.484 e. The summed E-state index contributed by atoms with van der Waals surface area (Å²) in [6, 6.07) is 10.4. The van der Waals surface area contributed by atoms with E-state index >= 15 is 0 Å². The molecule has 6 nitrogen and oxygen atoms in total. The van der Waals surface area contributed by atoms with Gasteiger partial charge >= 0.3 is 0 Å². The van der Waals surface area contributed by atoms with Gasteiger partial charge < -0.3 is 14.5 Å². The first-order valence-corrected chi connectivity index (χ1v) is 6.43. The summed E-state index contributed by atoms with van der Waals surface area (Å²) in [6.07, 6.45) is 1.36. The minimum atomic E-state index is -0.585. The number of hydrogen-bond donors (Lipinski definition) is 2. The zero-order valence-corrected chi connectivity index (χ0v) is 11.6. The van der Waals surface area contributed by atoms with E-state index in [4.69, 9.17) is 9.15 Å². The summed E-state index contributed by atoms with van der Waals surface area (Å²) in [5.41, 5.74) is 1.11. The van der Waals surface area contributed by atoms with Crippen LogP contribution in [0.1, 0.15) is 16.1 Å². The second kappa shape index (κ2) is 7.25. The number of hydrogen-bond acceptors (Lipinski definition) is 5. The molecule has 0 unspecified atom stereocenters. The van der Waals surface area contributed by atoms with Gasteiger partial charge in [-0.2, -0.15) is 0 Å². The van der Waals surface area contributed by atoms with E-state index in [9.17, 15) is 9.59 Å². The Morgan fingerprint density at radius 1 is 1.19 bits per heavy atom. The van der Waals surface area contributed by atoms with E-state index in [2.05, 4.69) is 10.6 Å². The van der Waals surface area contributed by atoms with Crippen molar-refractivity contribution in [3.05, 3.63) is 54.0 Å². The topological polar surface area (TPSA) is 80.6 Å². The molecule has 2 amide bonds. The Hall–Kier alpha value is -2.60. The molecular weight excluding hydrogens is 272 g/mol. The SMILES string of the molecule is CNCc1ccc(OCC(=O)NC(=O)c2ccco2)cc1. The maximum atomic E-state index is 11.6.